The molecule has 0 N–H and O–H groups in total. The summed E-state index contributed by atoms with van der Waals surface area (Å²) >= 11 is 0. The Morgan fingerprint density at radius 3 is 1.94 bits per heavy atom. The molecule has 0 saturated heterocycles. The van der Waals surface area contributed by atoms with Crippen molar-refractivity contribution in [3.63, 3.8) is 0 Å². The first-order chi connectivity index (χ1) is 8.24. The first kappa shape index (κ1) is 15.2. The van der Waals surface area contributed by atoms with E-state index in [1.165, 1.54) is 17.5 Å². The second-order valence-corrected chi connectivity index (χ2v) is 6.96. The molecule has 0 heterocycles. The maximum atomic E-state index is 5.43. The van der Waals surface area contributed by atoms with Crippen molar-refractivity contribution < 1.29 is 4.74 Å². The van der Waals surface area contributed by atoms with E-state index in [0.29, 0.717) is 5.41 Å². The quantitative estimate of drug-likeness (QED) is 0.717. The summed E-state index contributed by atoms with van der Waals surface area (Å²) in [5, 5.41) is 0. The van der Waals surface area contributed by atoms with Gasteiger partial charge in [-0.25, -0.2) is 0 Å². The molecule has 1 heteroatoms. The van der Waals surface area contributed by atoms with Crippen molar-refractivity contribution in [1.82, 2.24) is 0 Å². The molecule has 102 valence electrons. The lowest BCUT2D eigenvalue weighted by molar-refractivity contribution is 0.134. The lowest BCUT2D eigenvalue weighted by atomic mass is 9.72. The molecule has 1 nitrogen and oxygen atoms in total. The Bertz CT molecular complexity index is 354. The molecule has 0 atom stereocenters. The molecule has 0 aromatic heterocycles. The fourth-order valence-electron chi connectivity index (χ4n) is 2.70. The van der Waals surface area contributed by atoms with Crippen LogP contribution >= 0.6 is 0 Å². The van der Waals surface area contributed by atoms with Crippen molar-refractivity contribution in [3.8, 4) is 0 Å². The number of rotatable bonds is 5. The molecule has 0 amide bonds. The van der Waals surface area contributed by atoms with Gasteiger partial charge < -0.3 is 4.74 Å². The third-order valence-corrected chi connectivity index (χ3v) is 3.18. The van der Waals surface area contributed by atoms with Gasteiger partial charge in [0.05, 0.1) is 6.61 Å². The van der Waals surface area contributed by atoms with E-state index in [1.54, 1.807) is 0 Å². The molecule has 18 heavy (non-hydrogen) atoms. The van der Waals surface area contributed by atoms with Crippen LogP contribution in [0, 0.1) is 5.41 Å². The van der Waals surface area contributed by atoms with Gasteiger partial charge >= 0.3 is 0 Å². The Morgan fingerprint density at radius 1 is 0.944 bits per heavy atom. The van der Waals surface area contributed by atoms with Crippen LogP contribution in [-0.2, 0) is 16.8 Å². The average Bonchev–Trinajstić information content (AvgIpc) is 2.23. The Labute approximate surface area is 113 Å². The monoisotopic (exact) mass is 248 g/mol. The second-order valence-electron chi connectivity index (χ2n) is 6.96. The number of hydrogen-bond donors (Lipinski definition) is 0. The molecule has 0 spiro atoms. The van der Waals surface area contributed by atoms with E-state index in [-0.39, 0.29) is 5.41 Å². The molecule has 0 saturated carbocycles. The van der Waals surface area contributed by atoms with E-state index in [4.69, 9.17) is 4.74 Å². The Hall–Kier alpha value is -0.820. The molecule has 0 unspecified atom stereocenters. The molecule has 1 aromatic rings. The number of hydrogen-bond acceptors (Lipinski definition) is 1. The summed E-state index contributed by atoms with van der Waals surface area (Å²) in [6.45, 7) is 15.1. The Balaban J connectivity index is 2.77. The minimum absolute atomic E-state index is 0.225. The van der Waals surface area contributed by atoms with Crippen molar-refractivity contribution >= 4 is 0 Å². The number of benzene rings is 1. The van der Waals surface area contributed by atoms with Crippen LogP contribution in [0.5, 0.6) is 0 Å². The highest BCUT2D eigenvalue weighted by Crippen LogP contribution is 2.36. The zero-order valence-corrected chi connectivity index (χ0v) is 12.8. The summed E-state index contributed by atoms with van der Waals surface area (Å²) in [6.07, 6.45) is 1.19. The molecule has 0 bridgehead atoms. The maximum absolute atomic E-state index is 5.43. The first-order valence-corrected chi connectivity index (χ1v) is 6.92. The van der Waals surface area contributed by atoms with Crippen LogP contribution in [0.2, 0.25) is 0 Å². The van der Waals surface area contributed by atoms with Crippen LogP contribution < -0.4 is 0 Å². The summed E-state index contributed by atoms with van der Waals surface area (Å²) in [4.78, 5) is 0. The fourth-order valence-corrected chi connectivity index (χ4v) is 2.70. The Morgan fingerprint density at radius 2 is 1.50 bits per heavy atom. The van der Waals surface area contributed by atoms with Gasteiger partial charge in [0.15, 0.2) is 0 Å². The zero-order valence-electron chi connectivity index (χ0n) is 12.8. The highest BCUT2D eigenvalue weighted by molar-refractivity contribution is 5.28. The van der Waals surface area contributed by atoms with Crippen LogP contribution in [0.1, 0.15) is 59.1 Å². The van der Waals surface area contributed by atoms with Crippen molar-refractivity contribution in [2.75, 3.05) is 6.61 Å². The average molecular weight is 248 g/mol. The van der Waals surface area contributed by atoms with Crippen LogP contribution in [0.4, 0.5) is 0 Å². The van der Waals surface area contributed by atoms with Gasteiger partial charge in [-0.3, -0.25) is 0 Å². The van der Waals surface area contributed by atoms with Crippen LogP contribution in [0.15, 0.2) is 24.3 Å². The lowest BCUT2D eigenvalue weighted by Crippen LogP contribution is -2.24. The maximum Gasteiger partial charge on any atom is 0.0716 e. The minimum atomic E-state index is 0.225. The molecular formula is C17H28O. The normalized spacial score (nSPS) is 12.8. The van der Waals surface area contributed by atoms with Gasteiger partial charge in [0.2, 0.25) is 0 Å². The Kier molecular flexibility index (Phi) is 4.98. The van der Waals surface area contributed by atoms with Crippen molar-refractivity contribution in [1.29, 1.82) is 0 Å². The van der Waals surface area contributed by atoms with E-state index in [0.717, 1.165) is 13.2 Å². The van der Waals surface area contributed by atoms with E-state index < -0.39 is 0 Å². The van der Waals surface area contributed by atoms with Crippen LogP contribution in [-0.4, -0.2) is 6.61 Å². The molecular weight excluding hydrogens is 220 g/mol. The molecule has 1 aromatic carbocycles. The second kappa shape index (κ2) is 5.88. The SMILES string of the molecule is CCOCc1ccc(C(C)(C)CC(C)(C)C)cc1. The van der Waals surface area contributed by atoms with Gasteiger partial charge in [0.1, 0.15) is 0 Å². The molecule has 0 aliphatic carbocycles. The molecule has 1 rings (SSSR count). The standard InChI is InChI=1S/C17H28O/c1-7-18-12-14-8-10-15(11-9-14)17(5,6)13-16(2,3)4/h8-11H,7,12-13H2,1-6H3. The molecule has 0 radical (unpaired) electrons. The predicted molar refractivity (Wildman–Crippen MR) is 78.9 cm³/mol. The lowest BCUT2D eigenvalue weighted by Gasteiger charge is -2.33. The van der Waals surface area contributed by atoms with E-state index >= 15 is 0 Å². The third-order valence-electron chi connectivity index (χ3n) is 3.18. The first-order valence-electron chi connectivity index (χ1n) is 6.92. The smallest absolute Gasteiger partial charge is 0.0716 e. The summed E-state index contributed by atoms with van der Waals surface area (Å²) in [5.41, 5.74) is 3.25. The van der Waals surface area contributed by atoms with E-state index in [9.17, 15) is 0 Å². The van der Waals surface area contributed by atoms with Gasteiger partial charge in [-0.05, 0) is 35.3 Å². The van der Waals surface area contributed by atoms with Crippen molar-refractivity contribution in [2.45, 2.75) is 60.0 Å². The summed E-state index contributed by atoms with van der Waals surface area (Å²) in [5.74, 6) is 0. The van der Waals surface area contributed by atoms with E-state index in [1.807, 2.05) is 6.92 Å². The number of ether oxygens (including phenoxy) is 1. The highest BCUT2D eigenvalue weighted by Gasteiger charge is 2.26. The summed E-state index contributed by atoms with van der Waals surface area (Å²) in [6, 6.07) is 8.88. The van der Waals surface area contributed by atoms with Gasteiger partial charge in [0.25, 0.3) is 0 Å². The fraction of sp³-hybridized carbons (Fsp3) is 0.647. The van der Waals surface area contributed by atoms with Crippen LogP contribution in [0.25, 0.3) is 0 Å². The summed E-state index contributed by atoms with van der Waals surface area (Å²) in [7, 11) is 0. The summed E-state index contributed by atoms with van der Waals surface area (Å²) < 4.78 is 5.43. The van der Waals surface area contributed by atoms with Crippen LogP contribution in [0.3, 0.4) is 0 Å². The third kappa shape index (κ3) is 4.81. The van der Waals surface area contributed by atoms with Gasteiger partial charge in [-0.15, -0.1) is 0 Å². The molecule has 0 fully saturated rings. The topological polar surface area (TPSA) is 9.23 Å². The van der Waals surface area contributed by atoms with Gasteiger partial charge in [-0.2, -0.15) is 0 Å². The zero-order chi connectivity index (χ0) is 13.8. The minimum Gasteiger partial charge on any atom is -0.377 e. The van der Waals surface area contributed by atoms with Gasteiger partial charge in [-0.1, -0.05) is 58.9 Å². The van der Waals surface area contributed by atoms with Crippen molar-refractivity contribution in [2.24, 2.45) is 5.41 Å². The molecule has 0 aliphatic heterocycles. The molecule has 0 aliphatic rings. The predicted octanol–water partition coefficient (Wildman–Crippen LogP) is 4.94. The van der Waals surface area contributed by atoms with Gasteiger partial charge in [0, 0.05) is 6.61 Å². The largest absolute Gasteiger partial charge is 0.377 e. The highest BCUT2D eigenvalue weighted by atomic mass is 16.5. The van der Waals surface area contributed by atoms with Crippen molar-refractivity contribution in [3.05, 3.63) is 35.4 Å². The van der Waals surface area contributed by atoms with E-state index in [2.05, 4.69) is 58.9 Å².